The van der Waals surface area contributed by atoms with Crippen molar-refractivity contribution in [2.45, 2.75) is 40.0 Å². The van der Waals surface area contributed by atoms with Crippen LogP contribution in [-0.4, -0.2) is 5.78 Å². The van der Waals surface area contributed by atoms with Gasteiger partial charge in [0.15, 0.2) is 0 Å². The van der Waals surface area contributed by atoms with Crippen molar-refractivity contribution in [3.05, 3.63) is 11.6 Å². The molecule has 0 saturated heterocycles. The van der Waals surface area contributed by atoms with E-state index in [0.717, 1.165) is 19.3 Å². The monoisotopic (exact) mass is 178 g/mol. The van der Waals surface area contributed by atoms with Gasteiger partial charge in [0.25, 0.3) is 0 Å². The molecule has 1 fully saturated rings. The van der Waals surface area contributed by atoms with E-state index in [1.54, 1.807) is 0 Å². The second-order valence-corrected chi connectivity index (χ2v) is 4.93. The summed E-state index contributed by atoms with van der Waals surface area (Å²) in [6, 6.07) is 0. The maximum Gasteiger partial charge on any atom is 0.134 e. The highest BCUT2D eigenvalue weighted by atomic mass is 16.1. The molecule has 0 N–H and O–H groups in total. The molecule has 0 unspecified atom stereocenters. The van der Waals surface area contributed by atoms with E-state index < -0.39 is 0 Å². The molecule has 2 rings (SSSR count). The Bertz CT molecular complexity index is 275. The zero-order valence-corrected chi connectivity index (χ0v) is 8.76. The summed E-state index contributed by atoms with van der Waals surface area (Å²) in [6.45, 7) is 6.72. The molecule has 0 heterocycles. The number of carbonyl (C=O) groups excluding carboxylic acids is 1. The van der Waals surface area contributed by atoms with Gasteiger partial charge in [0.05, 0.1) is 0 Å². The fraction of sp³-hybridized carbons (Fsp3) is 0.750. The summed E-state index contributed by atoms with van der Waals surface area (Å²) in [5.74, 6) is 1.72. The normalized spacial score (nSPS) is 38.3. The highest BCUT2D eigenvalue weighted by Crippen LogP contribution is 2.57. The number of carbonyl (C=O) groups is 1. The topological polar surface area (TPSA) is 17.1 Å². The van der Waals surface area contributed by atoms with Crippen molar-refractivity contribution in [3.8, 4) is 0 Å². The van der Waals surface area contributed by atoms with E-state index in [4.69, 9.17) is 0 Å². The lowest BCUT2D eigenvalue weighted by Crippen LogP contribution is -2.29. The van der Waals surface area contributed by atoms with Crippen LogP contribution in [0.2, 0.25) is 0 Å². The molecule has 0 aliphatic heterocycles. The Morgan fingerprint density at radius 2 is 2.23 bits per heavy atom. The molecule has 0 aromatic heterocycles. The molecule has 0 aromatic carbocycles. The largest absolute Gasteiger partial charge is 0.300 e. The fourth-order valence-electron chi connectivity index (χ4n) is 3.39. The molecule has 72 valence electrons. The predicted octanol–water partition coefficient (Wildman–Crippen LogP) is 2.96. The van der Waals surface area contributed by atoms with E-state index in [1.165, 1.54) is 5.57 Å². The number of Topliss-reactive ketones (excluding diaryl/α,β-unsaturated/α-hetero) is 1. The second kappa shape index (κ2) is 2.70. The minimum Gasteiger partial charge on any atom is -0.300 e. The van der Waals surface area contributed by atoms with Crippen molar-refractivity contribution in [2.24, 2.45) is 17.3 Å². The van der Waals surface area contributed by atoms with Crippen LogP contribution in [0.5, 0.6) is 0 Å². The van der Waals surface area contributed by atoms with Crippen LogP contribution in [0, 0.1) is 17.3 Å². The lowest BCUT2D eigenvalue weighted by Gasteiger charge is -2.35. The SMILES string of the molecule is CC1=CC[C@@H]2CC(=O)C[C@]12C(C)C. The zero-order valence-electron chi connectivity index (χ0n) is 8.76. The van der Waals surface area contributed by atoms with E-state index in [1.807, 2.05) is 0 Å². The number of rotatable bonds is 1. The number of hydrogen-bond acceptors (Lipinski definition) is 1. The Morgan fingerprint density at radius 1 is 1.54 bits per heavy atom. The number of hydrogen-bond donors (Lipinski definition) is 0. The molecular formula is C12H18O. The summed E-state index contributed by atoms with van der Waals surface area (Å²) in [5, 5.41) is 0. The first-order valence-corrected chi connectivity index (χ1v) is 5.26. The average molecular weight is 178 g/mol. The van der Waals surface area contributed by atoms with Gasteiger partial charge in [-0.2, -0.15) is 0 Å². The Balaban J connectivity index is 2.39. The molecule has 0 radical (unpaired) electrons. The Kier molecular flexibility index (Phi) is 1.86. The highest BCUT2D eigenvalue weighted by molar-refractivity contribution is 5.83. The Morgan fingerprint density at radius 3 is 2.77 bits per heavy atom. The number of fused-ring (bicyclic) bond motifs is 1. The molecule has 1 saturated carbocycles. The van der Waals surface area contributed by atoms with Crippen molar-refractivity contribution >= 4 is 5.78 Å². The smallest absolute Gasteiger partial charge is 0.134 e. The van der Waals surface area contributed by atoms with Crippen LogP contribution in [-0.2, 0) is 4.79 Å². The molecule has 0 aromatic rings. The first kappa shape index (κ1) is 8.98. The van der Waals surface area contributed by atoms with E-state index >= 15 is 0 Å². The van der Waals surface area contributed by atoms with Gasteiger partial charge in [-0.05, 0) is 25.2 Å². The van der Waals surface area contributed by atoms with Gasteiger partial charge in [-0.3, -0.25) is 4.79 Å². The van der Waals surface area contributed by atoms with Crippen molar-refractivity contribution in [1.29, 1.82) is 0 Å². The summed E-state index contributed by atoms with van der Waals surface area (Å²) in [6.07, 6.45) is 5.11. The first-order valence-electron chi connectivity index (χ1n) is 5.26. The van der Waals surface area contributed by atoms with Crippen LogP contribution in [0.4, 0.5) is 0 Å². The van der Waals surface area contributed by atoms with Crippen LogP contribution < -0.4 is 0 Å². The highest BCUT2D eigenvalue weighted by Gasteiger charge is 2.51. The third-order valence-electron chi connectivity index (χ3n) is 4.17. The maximum atomic E-state index is 11.5. The molecular weight excluding hydrogens is 160 g/mol. The molecule has 2 aliphatic carbocycles. The standard InChI is InChI=1S/C12H18O/c1-8(2)12-7-11(13)6-10(12)5-4-9(12)3/h4,8,10H,5-7H2,1-3H3/t10-,12+/m1/s1. The molecule has 2 aliphatic rings. The summed E-state index contributed by atoms with van der Waals surface area (Å²) in [5.41, 5.74) is 1.72. The third-order valence-corrected chi connectivity index (χ3v) is 4.17. The Labute approximate surface area is 80.2 Å². The van der Waals surface area contributed by atoms with E-state index in [2.05, 4.69) is 26.8 Å². The van der Waals surface area contributed by atoms with Crippen LogP contribution in [0.25, 0.3) is 0 Å². The summed E-state index contributed by atoms with van der Waals surface area (Å²) in [7, 11) is 0. The van der Waals surface area contributed by atoms with Gasteiger partial charge in [-0.25, -0.2) is 0 Å². The summed E-state index contributed by atoms with van der Waals surface area (Å²) >= 11 is 0. The molecule has 2 atom stereocenters. The third kappa shape index (κ3) is 1.02. The molecule has 0 spiro atoms. The lowest BCUT2D eigenvalue weighted by atomic mass is 9.68. The molecule has 13 heavy (non-hydrogen) atoms. The quantitative estimate of drug-likeness (QED) is 0.564. The van der Waals surface area contributed by atoms with Crippen molar-refractivity contribution in [2.75, 3.05) is 0 Å². The molecule has 1 heteroatoms. The number of ketones is 1. The van der Waals surface area contributed by atoms with Gasteiger partial charge in [0, 0.05) is 18.3 Å². The average Bonchev–Trinajstić information content (AvgIpc) is 2.50. The molecule has 0 bridgehead atoms. The van der Waals surface area contributed by atoms with Gasteiger partial charge in [0.2, 0.25) is 0 Å². The second-order valence-electron chi connectivity index (χ2n) is 4.93. The van der Waals surface area contributed by atoms with Crippen molar-refractivity contribution < 1.29 is 4.79 Å². The van der Waals surface area contributed by atoms with Gasteiger partial charge < -0.3 is 0 Å². The minimum absolute atomic E-state index is 0.247. The summed E-state index contributed by atoms with van der Waals surface area (Å²) in [4.78, 5) is 11.5. The van der Waals surface area contributed by atoms with E-state index in [9.17, 15) is 4.79 Å². The zero-order chi connectivity index (χ0) is 9.64. The van der Waals surface area contributed by atoms with Crippen LogP contribution in [0.3, 0.4) is 0 Å². The van der Waals surface area contributed by atoms with Crippen molar-refractivity contribution in [1.82, 2.24) is 0 Å². The van der Waals surface area contributed by atoms with Crippen LogP contribution in [0.15, 0.2) is 11.6 Å². The van der Waals surface area contributed by atoms with E-state index in [-0.39, 0.29) is 5.41 Å². The predicted molar refractivity (Wildman–Crippen MR) is 53.4 cm³/mol. The van der Waals surface area contributed by atoms with Gasteiger partial charge in [-0.15, -0.1) is 0 Å². The molecule has 1 nitrogen and oxygen atoms in total. The first-order chi connectivity index (χ1) is 6.07. The van der Waals surface area contributed by atoms with E-state index in [0.29, 0.717) is 17.6 Å². The number of allylic oxidation sites excluding steroid dienone is 2. The fourth-order valence-corrected chi connectivity index (χ4v) is 3.39. The summed E-state index contributed by atoms with van der Waals surface area (Å²) < 4.78 is 0. The Hall–Kier alpha value is -0.590. The lowest BCUT2D eigenvalue weighted by molar-refractivity contribution is -0.118. The van der Waals surface area contributed by atoms with Gasteiger partial charge in [-0.1, -0.05) is 25.5 Å². The van der Waals surface area contributed by atoms with Gasteiger partial charge >= 0.3 is 0 Å². The molecule has 0 amide bonds. The van der Waals surface area contributed by atoms with Crippen LogP contribution >= 0.6 is 0 Å². The van der Waals surface area contributed by atoms with Crippen LogP contribution in [0.1, 0.15) is 40.0 Å². The van der Waals surface area contributed by atoms with Gasteiger partial charge in [0.1, 0.15) is 5.78 Å². The van der Waals surface area contributed by atoms with Crippen molar-refractivity contribution in [3.63, 3.8) is 0 Å². The minimum atomic E-state index is 0.247. The maximum absolute atomic E-state index is 11.5.